The molecule has 0 aliphatic carbocycles. The molecule has 5 nitrogen and oxygen atoms in total. The van der Waals surface area contributed by atoms with Crippen molar-refractivity contribution in [2.45, 2.75) is 50.8 Å². The first-order valence-corrected chi connectivity index (χ1v) is 7.67. The zero-order chi connectivity index (χ0) is 17.0. The first-order chi connectivity index (χ1) is 10.6. The van der Waals surface area contributed by atoms with E-state index in [9.17, 15) is 14.0 Å². The molecule has 2 fully saturated rings. The first-order valence-electron chi connectivity index (χ1n) is 7.67. The largest absolute Gasteiger partial charge is 0.456 e. The van der Waals surface area contributed by atoms with Gasteiger partial charge in [-0.3, -0.25) is 14.9 Å². The lowest BCUT2D eigenvalue weighted by molar-refractivity contribution is -0.181. The van der Waals surface area contributed by atoms with Gasteiger partial charge in [-0.2, -0.15) is 0 Å². The molecule has 6 heteroatoms. The van der Waals surface area contributed by atoms with Crippen LogP contribution in [-0.4, -0.2) is 28.6 Å². The van der Waals surface area contributed by atoms with Crippen molar-refractivity contribution in [2.75, 3.05) is 5.32 Å². The van der Waals surface area contributed by atoms with Crippen molar-refractivity contribution in [1.82, 2.24) is 5.32 Å². The van der Waals surface area contributed by atoms with E-state index in [0.29, 0.717) is 12.1 Å². The topological polar surface area (TPSA) is 67.4 Å². The Kier molecular flexibility index (Phi) is 3.30. The highest BCUT2D eigenvalue weighted by Gasteiger charge is 2.67. The van der Waals surface area contributed by atoms with E-state index in [1.807, 2.05) is 20.8 Å². The maximum Gasteiger partial charge on any atom is 0.327 e. The average molecular weight is 320 g/mol. The number of esters is 1. The van der Waals surface area contributed by atoms with E-state index in [1.54, 1.807) is 6.92 Å². The standard InChI is InChI=1S/C17H21FN2O3/c1-15(2)16(3)9-12(17(4,20-16)14(22)23-15)13(21)19-11-7-5-10(18)6-8-11/h5-8,12,20H,9H2,1-4H3,(H,19,21)/t12-,16-,17+/m1/s1. The molecule has 2 bridgehead atoms. The monoisotopic (exact) mass is 320 g/mol. The second kappa shape index (κ2) is 4.77. The smallest absolute Gasteiger partial charge is 0.327 e. The van der Waals surface area contributed by atoms with Crippen molar-refractivity contribution in [2.24, 2.45) is 5.92 Å². The second-order valence-electron chi connectivity index (χ2n) is 7.31. The number of fused-ring (bicyclic) bond motifs is 2. The Morgan fingerprint density at radius 1 is 1.26 bits per heavy atom. The normalized spacial score (nSPS) is 34.8. The third kappa shape index (κ3) is 2.32. The Bertz CT molecular complexity index is 673. The fourth-order valence-corrected chi connectivity index (χ4v) is 3.48. The maximum absolute atomic E-state index is 13.0. The molecule has 2 N–H and O–H groups in total. The molecule has 23 heavy (non-hydrogen) atoms. The van der Waals surface area contributed by atoms with Gasteiger partial charge in [-0.15, -0.1) is 0 Å². The van der Waals surface area contributed by atoms with Crippen LogP contribution in [0.25, 0.3) is 0 Å². The summed E-state index contributed by atoms with van der Waals surface area (Å²) in [5.74, 6) is -1.63. The van der Waals surface area contributed by atoms with Crippen molar-refractivity contribution in [3.8, 4) is 0 Å². The van der Waals surface area contributed by atoms with Gasteiger partial charge in [-0.1, -0.05) is 0 Å². The van der Waals surface area contributed by atoms with Crippen LogP contribution in [0.2, 0.25) is 0 Å². The van der Waals surface area contributed by atoms with Crippen molar-refractivity contribution in [1.29, 1.82) is 0 Å². The van der Waals surface area contributed by atoms with Gasteiger partial charge in [0.1, 0.15) is 17.0 Å². The molecule has 0 spiro atoms. The lowest BCUT2D eigenvalue weighted by atomic mass is 9.80. The Balaban J connectivity index is 1.87. The molecule has 0 aromatic heterocycles. The quantitative estimate of drug-likeness (QED) is 0.820. The number of morpholine rings is 1. The van der Waals surface area contributed by atoms with Crippen LogP contribution in [0.15, 0.2) is 24.3 Å². The van der Waals surface area contributed by atoms with Gasteiger partial charge in [0.05, 0.1) is 11.5 Å². The highest BCUT2D eigenvalue weighted by molar-refractivity contribution is 5.99. The molecule has 2 aliphatic rings. The first kappa shape index (κ1) is 15.9. The van der Waals surface area contributed by atoms with Crippen LogP contribution >= 0.6 is 0 Å². The number of cyclic esters (lactones) is 1. The average Bonchev–Trinajstić information content (AvgIpc) is 2.72. The molecule has 2 saturated heterocycles. The molecule has 0 saturated carbocycles. The molecule has 1 aromatic rings. The van der Waals surface area contributed by atoms with Gasteiger partial charge in [-0.05, 0) is 58.4 Å². The van der Waals surface area contributed by atoms with E-state index in [2.05, 4.69) is 10.6 Å². The minimum atomic E-state index is -1.06. The molecule has 3 atom stereocenters. The summed E-state index contributed by atoms with van der Waals surface area (Å²) in [4.78, 5) is 25.1. The lowest BCUT2D eigenvalue weighted by Gasteiger charge is -2.47. The zero-order valence-electron chi connectivity index (χ0n) is 13.7. The van der Waals surface area contributed by atoms with E-state index in [4.69, 9.17) is 4.74 Å². The minimum Gasteiger partial charge on any atom is -0.456 e. The summed E-state index contributed by atoms with van der Waals surface area (Å²) in [6, 6.07) is 5.55. The highest BCUT2D eigenvalue weighted by atomic mass is 19.1. The number of hydrogen-bond acceptors (Lipinski definition) is 4. The third-order valence-electron chi connectivity index (χ3n) is 5.37. The van der Waals surface area contributed by atoms with E-state index in [1.165, 1.54) is 24.3 Å². The number of anilines is 1. The van der Waals surface area contributed by atoms with Crippen LogP contribution in [0.1, 0.15) is 34.1 Å². The minimum absolute atomic E-state index is 0.273. The van der Waals surface area contributed by atoms with Crippen molar-refractivity contribution >= 4 is 17.6 Å². The van der Waals surface area contributed by atoms with Crippen molar-refractivity contribution in [3.63, 3.8) is 0 Å². The van der Waals surface area contributed by atoms with Gasteiger partial charge >= 0.3 is 5.97 Å². The van der Waals surface area contributed by atoms with Crippen LogP contribution < -0.4 is 10.6 Å². The maximum atomic E-state index is 13.0. The van der Waals surface area contributed by atoms with Crippen LogP contribution in [-0.2, 0) is 14.3 Å². The van der Waals surface area contributed by atoms with Crippen LogP contribution in [0, 0.1) is 11.7 Å². The summed E-state index contributed by atoms with van der Waals surface area (Å²) in [6.45, 7) is 7.35. The van der Waals surface area contributed by atoms with Crippen LogP contribution in [0.5, 0.6) is 0 Å². The molecule has 1 aromatic carbocycles. The molecule has 2 heterocycles. The molecule has 0 radical (unpaired) electrons. The number of benzene rings is 1. The molecule has 3 rings (SSSR count). The number of halogens is 1. The summed E-state index contributed by atoms with van der Waals surface area (Å²) >= 11 is 0. The number of carbonyl (C=O) groups excluding carboxylic acids is 2. The summed E-state index contributed by atoms with van der Waals surface area (Å²) in [7, 11) is 0. The van der Waals surface area contributed by atoms with Crippen LogP contribution in [0.4, 0.5) is 10.1 Å². The predicted molar refractivity (Wildman–Crippen MR) is 83.3 cm³/mol. The Labute approximate surface area is 134 Å². The predicted octanol–water partition coefficient (Wildman–Crippen LogP) is 2.23. The molecule has 0 unspecified atom stereocenters. The van der Waals surface area contributed by atoms with Gasteiger partial charge in [-0.25, -0.2) is 4.39 Å². The van der Waals surface area contributed by atoms with Crippen molar-refractivity contribution < 1.29 is 18.7 Å². The lowest BCUT2D eigenvalue weighted by Crippen LogP contribution is -2.69. The SMILES string of the molecule is CC1(C)OC(=O)[C@@]2(C)N[C@]1(C)C[C@@H]2C(=O)Nc1ccc(F)cc1. The molecular formula is C17H21FN2O3. The van der Waals surface area contributed by atoms with Gasteiger partial charge in [0, 0.05) is 5.69 Å². The summed E-state index contributed by atoms with van der Waals surface area (Å²) < 4.78 is 18.5. The molecule has 124 valence electrons. The van der Waals surface area contributed by atoms with Gasteiger partial charge in [0.15, 0.2) is 0 Å². The van der Waals surface area contributed by atoms with Crippen LogP contribution in [0.3, 0.4) is 0 Å². The Hall–Kier alpha value is -1.95. The summed E-state index contributed by atoms with van der Waals surface area (Å²) in [5, 5.41) is 6.07. The van der Waals surface area contributed by atoms with E-state index < -0.39 is 28.6 Å². The summed E-state index contributed by atoms with van der Waals surface area (Å²) in [6.07, 6.45) is 0.481. The highest BCUT2D eigenvalue weighted by Crippen LogP contribution is 2.48. The molecule has 2 aliphatic heterocycles. The van der Waals surface area contributed by atoms with Gasteiger partial charge in [0.25, 0.3) is 0 Å². The molecular weight excluding hydrogens is 299 g/mol. The van der Waals surface area contributed by atoms with Gasteiger partial charge < -0.3 is 10.1 Å². The van der Waals surface area contributed by atoms with E-state index >= 15 is 0 Å². The second-order valence-corrected chi connectivity index (χ2v) is 7.31. The third-order valence-corrected chi connectivity index (χ3v) is 5.37. The Morgan fingerprint density at radius 2 is 1.87 bits per heavy atom. The number of hydrogen-bond donors (Lipinski definition) is 2. The number of rotatable bonds is 2. The van der Waals surface area contributed by atoms with Gasteiger partial charge in [0.2, 0.25) is 5.91 Å². The fourth-order valence-electron chi connectivity index (χ4n) is 3.48. The van der Waals surface area contributed by atoms with E-state index in [-0.39, 0.29) is 11.7 Å². The van der Waals surface area contributed by atoms with Crippen molar-refractivity contribution in [3.05, 3.63) is 30.1 Å². The number of carbonyl (C=O) groups is 2. The zero-order valence-corrected chi connectivity index (χ0v) is 13.7. The fraction of sp³-hybridized carbons (Fsp3) is 0.529. The molecule has 1 amide bonds. The number of ether oxygens (including phenoxy) is 1. The summed E-state index contributed by atoms with van der Waals surface area (Å²) in [5.41, 5.74) is -1.75. The number of amides is 1. The number of nitrogens with one attached hydrogen (secondary N) is 2. The Morgan fingerprint density at radius 3 is 2.48 bits per heavy atom. The van der Waals surface area contributed by atoms with E-state index in [0.717, 1.165) is 0 Å².